The van der Waals surface area contributed by atoms with Crippen LogP contribution in [0.1, 0.15) is 10.4 Å². The van der Waals surface area contributed by atoms with Gasteiger partial charge in [-0.15, -0.1) is 0 Å². The molecule has 0 heterocycles. The average Bonchev–Trinajstić information content (AvgIpc) is 2.48. The zero-order valence-corrected chi connectivity index (χ0v) is 12.2. The molecule has 0 aliphatic heterocycles. The highest BCUT2D eigenvalue weighted by Gasteiger charge is 2.09. The summed E-state index contributed by atoms with van der Waals surface area (Å²) in [5.41, 5.74) is 0.526. The molecule has 0 unspecified atom stereocenters. The van der Waals surface area contributed by atoms with E-state index in [1.807, 2.05) is 0 Å². The molecule has 0 N–H and O–H groups in total. The van der Waals surface area contributed by atoms with Gasteiger partial charge in [0.15, 0.2) is 6.61 Å². The van der Waals surface area contributed by atoms with Gasteiger partial charge in [0.1, 0.15) is 17.8 Å². The van der Waals surface area contributed by atoms with Crippen molar-refractivity contribution in [2.75, 3.05) is 6.61 Å². The minimum absolute atomic E-state index is 0.214. The highest BCUT2D eigenvalue weighted by atomic mass is 35.5. The van der Waals surface area contributed by atoms with Crippen LogP contribution >= 0.6 is 23.2 Å². The van der Waals surface area contributed by atoms with Crippen molar-refractivity contribution in [3.63, 3.8) is 0 Å². The maximum absolute atomic E-state index is 11.7. The standard InChI is InChI=1S/C15H10Cl2O4/c16-11-3-6-14(13(17)7-11)21-15(19)9-20-12-4-1-10(8-18)2-5-12/h1-8H,9H2. The van der Waals surface area contributed by atoms with E-state index < -0.39 is 5.97 Å². The Bertz CT molecular complexity index is 653. The second kappa shape index (κ2) is 7.11. The average molecular weight is 325 g/mol. The maximum Gasteiger partial charge on any atom is 0.349 e. The zero-order valence-electron chi connectivity index (χ0n) is 10.7. The molecule has 4 nitrogen and oxygen atoms in total. The first-order chi connectivity index (χ1) is 10.1. The highest BCUT2D eigenvalue weighted by molar-refractivity contribution is 6.35. The van der Waals surface area contributed by atoms with Crippen LogP contribution < -0.4 is 9.47 Å². The van der Waals surface area contributed by atoms with Gasteiger partial charge in [0, 0.05) is 10.6 Å². The van der Waals surface area contributed by atoms with Crippen molar-refractivity contribution in [3.8, 4) is 11.5 Å². The summed E-state index contributed by atoms with van der Waals surface area (Å²) in [6, 6.07) is 10.9. The highest BCUT2D eigenvalue weighted by Crippen LogP contribution is 2.27. The van der Waals surface area contributed by atoms with Crippen LogP contribution in [0.15, 0.2) is 42.5 Å². The van der Waals surface area contributed by atoms with Gasteiger partial charge >= 0.3 is 5.97 Å². The number of benzene rings is 2. The summed E-state index contributed by atoms with van der Waals surface area (Å²) < 4.78 is 10.3. The van der Waals surface area contributed by atoms with Crippen LogP contribution in [-0.2, 0) is 4.79 Å². The quantitative estimate of drug-likeness (QED) is 0.477. The third-order valence-corrected chi connectivity index (χ3v) is 3.02. The van der Waals surface area contributed by atoms with Crippen LogP contribution in [0.25, 0.3) is 0 Å². The number of hydrogen-bond donors (Lipinski definition) is 0. The molecule has 0 aliphatic carbocycles. The normalized spacial score (nSPS) is 10.0. The molecule has 0 fully saturated rings. The first-order valence-electron chi connectivity index (χ1n) is 5.92. The monoisotopic (exact) mass is 324 g/mol. The molecular weight excluding hydrogens is 315 g/mol. The molecule has 0 radical (unpaired) electrons. The third kappa shape index (κ3) is 4.48. The van der Waals surface area contributed by atoms with E-state index in [-0.39, 0.29) is 17.4 Å². The van der Waals surface area contributed by atoms with Crippen molar-refractivity contribution in [3.05, 3.63) is 58.1 Å². The van der Waals surface area contributed by atoms with Crippen LogP contribution in [0.5, 0.6) is 11.5 Å². The lowest BCUT2D eigenvalue weighted by Gasteiger charge is -2.08. The predicted molar refractivity (Wildman–Crippen MR) is 79.4 cm³/mol. The Hall–Kier alpha value is -2.04. The number of esters is 1. The number of carbonyl (C=O) groups excluding carboxylic acids is 2. The molecule has 0 bridgehead atoms. The van der Waals surface area contributed by atoms with Gasteiger partial charge in [0.25, 0.3) is 0 Å². The Labute approximate surface area is 131 Å². The molecule has 0 saturated heterocycles. The largest absolute Gasteiger partial charge is 0.482 e. The van der Waals surface area contributed by atoms with Crippen molar-refractivity contribution in [2.24, 2.45) is 0 Å². The molecule has 0 spiro atoms. The van der Waals surface area contributed by atoms with Crippen LogP contribution in [0, 0.1) is 0 Å². The molecule has 21 heavy (non-hydrogen) atoms. The van der Waals surface area contributed by atoms with Gasteiger partial charge in [-0.05, 0) is 42.5 Å². The van der Waals surface area contributed by atoms with Crippen molar-refractivity contribution in [1.29, 1.82) is 0 Å². The summed E-state index contributed by atoms with van der Waals surface area (Å²) in [6.45, 7) is -0.278. The van der Waals surface area contributed by atoms with Crippen LogP contribution in [0.4, 0.5) is 0 Å². The van der Waals surface area contributed by atoms with E-state index in [4.69, 9.17) is 32.7 Å². The minimum atomic E-state index is -0.598. The third-order valence-electron chi connectivity index (χ3n) is 2.49. The van der Waals surface area contributed by atoms with Crippen molar-refractivity contribution in [2.45, 2.75) is 0 Å². The summed E-state index contributed by atoms with van der Waals surface area (Å²) in [5, 5.41) is 0.692. The van der Waals surface area contributed by atoms with Gasteiger partial charge in [-0.25, -0.2) is 4.79 Å². The Balaban J connectivity index is 1.90. The van der Waals surface area contributed by atoms with Gasteiger partial charge in [-0.3, -0.25) is 4.79 Å². The molecule has 0 aliphatic rings. The van der Waals surface area contributed by atoms with Crippen molar-refractivity contribution < 1.29 is 19.1 Å². The van der Waals surface area contributed by atoms with Gasteiger partial charge in [-0.2, -0.15) is 0 Å². The molecule has 2 aromatic carbocycles. The lowest BCUT2D eigenvalue weighted by Crippen LogP contribution is -2.17. The second-order valence-corrected chi connectivity index (χ2v) is 4.87. The first kappa shape index (κ1) is 15.4. The summed E-state index contributed by atoms with van der Waals surface area (Å²) in [4.78, 5) is 22.2. The molecule has 0 atom stereocenters. The number of halogens is 2. The molecule has 0 aromatic heterocycles. The van der Waals surface area contributed by atoms with E-state index in [0.717, 1.165) is 6.29 Å². The van der Waals surface area contributed by atoms with Crippen LogP contribution in [0.3, 0.4) is 0 Å². The molecule has 6 heteroatoms. The minimum Gasteiger partial charge on any atom is -0.482 e. The molecule has 0 saturated carbocycles. The SMILES string of the molecule is O=Cc1ccc(OCC(=O)Oc2ccc(Cl)cc2Cl)cc1. The molecule has 2 rings (SSSR count). The summed E-state index contributed by atoms with van der Waals surface area (Å²) in [5.74, 6) is 0.0735. The molecule has 0 amide bonds. The number of ether oxygens (including phenoxy) is 2. The van der Waals surface area contributed by atoms with Gasteiger partial charge in [-0.1, -0.05) is 23.2 Å². The predicted octanol–water partition coefficient (Wildman–Crippen LogP) is 3.79. The number of rotatable bonds is 5. The van der Waals surface area contributed by atoms with Gasteiger partial charge < -0.3 is 9.47 Å². The number of aldehydes is 1. The van der Waals surface area contributed by atoms with Gasteiger partial charge in [0.05, 0.1) is 5.02 Å². The fourth-order valence-electron chi connectivity index (χ4n) is 1.49. The van der Waals surface area contributed by atoms with Crippen LogP contribution in [0.2, 0.25) is 10.0 Å². The van der Waals surface area contributed by atoms with Crippen molar-refractivity contribution in [1.82, 2.24) is 0 Å². The molecule has 108 valence electrons. The zero-order chi connectivity index (χ0) is 15.2. The Morgan fingerprint density at radius 3 is 2.43 bits per heavy atom. The van der Waals surface area contributed by atoms with E-state index in [9.17, 15) is 9.59 Å². The van der Waals surface area contributed by atoms with E-state index in [1.54, 1.807) is 30.3 Å². The first-order valence-corrected chi connectivity index (χ1v) is 6.68. The fraction of sp³-hybridized carbons (Fsp3) is 0.0667. The summed E-state index contributed by atoms with van der Waals surface area (Å²) >= 11 is 11.6. The number of hydrogen-bond acceptors (Lipinski definition) is 4. The van der Waals surface area contributed by atoms with E-state index in [1.165, 1.54) is 12.1 Å². The lowest BCUT2D eigenvalue weighted by molar-refractivity contribution is -0.136. The van der Waals surface area contributed by atoms with E-state index in [2.05, 4.69) is 0 Å². The van der Waals surface area contributed by atoms with E-state index >= 15 is 0 Å². The second-order valence-electron chi connectivity index (χ2n) is 4.02. The Kier molecular flexibility index (Phi) is 5.20. The maximum atomic E-state index is 11.7. The fourth-order valence-corrected chi connectivity index (χ4v) is 1.94. The smallest absolute Gasteiger partial charge is 0.349 e. The Morgan fingerprint density at radius 2 is 1.81 bits per heavy atom. The Morgan fingerprint density at radius 1 is 1.10 bits per heavy atom. The van der Waals surface area contributed by atoms with Gasteiger partial charge in [0.2, 0.25) is 0 Å². The molecule has 2 aromatic rings. The topological polar surface area (TPSA) is 52.6 Å². The summed E-state index contributed by atoms with van der Waals surface area (Å²) in [6.07, 6.45) is 0.723. The van der Waals surface area contributed by atoms with Crippen molar-refractivity contribution >= 4 is 35.5 Å². The van der Waals surface area contributed by atoms with E-state index in [0.29, 0.717) is 16.3 Å². The molecular formula is C15H10Cl2O4. The van der Waals surface area contributed by atoms with Crippen LogP contribution in [-0.4, -0.2) is 18.9 Å². The lowest BCUT2D eigenvalue weighted by atomic mass is 10.2. The number of carbonyl (C=O) groups is 2. The summed E-state index contributed by atoms with van der Waals surface area (Å²) in [7, 11) is 0.